The molecule has 0 N–H and O–H groups in total. The Kier molecular flexibility index (Phi) is 7.76. The van der Waals surface area contributed by atoms with Gasteiger partial charge in [-0.2, -0.15) is 0 Å². The van der Waals surface area contributed by atoms with Crippen molar-refractivity contribution in [2.45, 2.75) is 95.8 Å². The van der Waals surface area contributed by atoms with Crippen LogP contribution in [0.4, 0.5) is 22.0 Å². The molecule has 5 heteroatoms. The lowest BCUT2D eigenvalue weighted by Gasteiger charge is -2.30. The molecular formula is C28H33F5. The minimum absolute atomic E-state index is 0.0147. The van der Waals surface area contributed by atoms with Crippen molar-refractivity contribution in [3.05, 3.63) is 69.5 Å². The highest BCUT2D eigenvalue weighted by atomic mass is 19.2. The van der Waals surface area contributed by atoms with Crippen molar-refractivity contribution >= 4 is 0 Å². The fourth-order valence-corrected chi connectivity index (χ4v) is 5.94. The summed E-state index contributed by atoms with van der Waals surface area (Å²) in [5.74, 6) is -4.70. The number of unbranched alkanes of at least 4 members (excludes halogenated alkanes) is 3. The SMILES string of the molecule is CCCCCCC1CCC(c2cc(F)c(C3CCc4c(cc(F)c(F)c4F)C3)c(F)c2)CC1. The van der Waals surface area contributed by atoms with E-state index in [1.165, 1.54) is 44.2 Å². The summed E-state index contributed by atoms with van der Waals surface area (Å²) in [5.41, 5.74) is 1.12. The maximum absolute atomic E-state index is 15.1. The molecule has 2 aliphatic carbocycles. The summed E-state index contributed by atoms with van der Waals surface area (Å²) in [6.45, 7) is 2.21. The van der Waals surface area contributed by atoms with Gasteiger partial charge in [0.2, 0.25) is 0 Å². The average Bonchev–Trinajstić information content (AvgIpc) is 2.80. The maximum Gasteiger partial charge on any atom is 0.194 e. The van der Waals surface area contributed by atoms with Gasteiger partial charge in [0.25, 0.3) is 0 Å². The minimum Gasteiger partial charge on any atom is -0.207 e. The van der Waals surface area contributed by atoms with E-state index < -0.39 is 35.0 Å². The van der Waals surface area contributed by atoms with Crippen LogP contribution in [0.15, 0.2) is 18.2 Å². The van der Waals surface area contributed by atoms with Gasteiger partial charge in [0.15, 0.2) is 17.5 Å². The summed E-state index contributed by atoms with van der Waals surface area (Å²) in [7, 11) is 0. The van der Waals surface area contributed by atoms with Gasteiger partial charge in [-0.05, 0) is 97.6 Å². The molecule has 180 valence electrons. The molecule has 0 heterocycles. The van der Waals surface area contributed by atoms with E-state index in [1.807, 2.05) is 0 Å². The van der Waals surface area contributed by atoms with Crippen LogP contribution in [0.5, 0.6) is 0 Å². The van der Waals surface area contributed by atoms with E-state index in [-0.39, 0.29) is 29.9 Å². The first-order chi connectivity index (χ1) is 15.9. The molecule has 2 aliphatic rings. The summed E-state index contributed by atoms with van der Waals surface area (Å²) in [6.07, 6.45) is 11.0. The van der Waals surface area contributed by atoms with E-state index in [0.717, 1.165) is 37.7 Å². The lowest BCUT2D eigenvalue weighted by molar-refractivity contribution is 0.301. The van der Waals surface area contributed by atoms with E-state index in [9.17, 15) is 13.2 Å². The van der Waals surface area contributed by atoms with Crippen molar-refractivity contribution in [3.8, 4) is 0 Å². The predicted molar refractivity (Wildman–Crippen MR) is 121 cm³/mol. The number of halogens is 5. The first-order valence-electron chi connectivity index (χ1n) is 12.5. The Morgan fingerprint density at radius 3 is 2.09 bits per heavy atom. The van der Waals surface area contributed by atoms with Crippen molar-refractivity contribution in [3.63, 3.8) is 0 Å². The molecule has 2 aromatic carbocycles. The third kappa shape index (κ3) is 5.27. The van der Waals surface area contributed by atoms with Crippen LogP contribution < -0.4 is 0 Å². The zero-order valence-corrected chi connectivity index (χ0v) is 19.3. The molecule has 0 spiro atoms. The standard InChI is InChI=1S/C28H33F5/c1-2-3-4-5-6-17-7-9-18(10-8-17)20-14-23(29)26(24(30)15-20)19-11-12-22-21(13-19)16-25(31)28(33)27(22)32/h14-19H,2-13H2,1H3. The fourth-order valence-electron chi connectivity index (χ4n) is 5.94. The molecule has 0 amide bonds. The van der Waals surface area contributed by atoms with Gasteiger partial charge in [-0.25, -0.2) is 22.0 Å². The Hall–Kier alpha value is -1.91. The Labute approximate surface area is 193 Å². The Bertz CT molecular complexity index is 952. The van der Waals surface area contributed by atoms with Crippen LogP contribution in [-0.2, 0) is 12.8 Å². The molecule has 0 nitrogen and oxygen atoms in total. The van der Waals surface area contributed by atoms with E-state index in [4.69, 9.17) is 0 Å². The van der Waals surface area contributed by atoms with Crippen LogP contribution in [0.1, 0.15) is 105 Å². The molecule has 1 atom stereocenters. The molecule has 1 saturated carbocycles. The largest absolute Gasteiger partial charge is 0.207 e. The number of fused-ring (bicyclic) bond motifs is 1. The lowest BCUT2D eigenvalue weighted by Crippen LogP contribution is -2.19. The van der Waals surface area contributed by atoms with Crippen molar-refractivity contribution < 1.29 is 22.0 Å². The summed E-state index contributed by atoms with van der Waals surface area (Å²) in [5, 5.41) is 0. The highest BCUT2D eigenvalue weighted by Gasteiger charge is 2.31. The number of hydrogen-bond acceptors (Lipinski definition) is 0. The van der Waals surface area contributed by atoms with Crippen LogP contribution in [0.3, 0.4) is 0 Å². The number of hydrogen-bond donors (Lipinski definition) is 0. The van der Waals surface area contributed by atoms with E-state index in [2.05, 4.69) is 6.92 Å². The summed E-state index contributed by atoms with van der Waals surface area (Å²) in [6, 6.07) is 3.89. The molecule has 0 saturated heterocycles. The Morgan fingerprint density at radius 1 is 0.727 bits per heavy atom. The summed E-state index contributed by atoms with van der Waals surface area (Å²) < 4.78 is 71.5. The zero-order chi connectivity index (χ0) is 23.5. The van der Waals surface area contributed by atoms with E-state index >= 15 is 8.78 Å². The molecular weight excluding hydrogens is 431 g/mol. The van der Waals surface area contributed by atoms with Gasteiger partial charge in [0, 0.05) is 5.56 Å². The topological polar surface area (TPSA) is 0 Å². The highest BCUT2D eigenvalue weighted by molar-refractivity contribution is 5.38. The third-order valence-corrected chi connectivity index (χ3v) is 7.86. The molecule has 1 fully saturated rings. The van der Waals surface area contributed by atoms with Crippen LogP contribution in [-0.4, -0.2) is 0 Å². The van der Waals surface area contributed by atoms with Crippen molar-refractivity contribution in [1.82, 2.24) is 0 Å². The van der Waals surface area contributed by atoms with E-state index in [0.29, 0.717) is 17.5 Å². The maximum atomic E-state index is 15.1. The molecule has 0 radical (unpaired) electrons. The van der Waals surface area contributed by atoms with Crippen LogP contribution in [0, 0.1) is 35.0 Å². The predicted octanol–water partition coefficient (Wildman–Crippen LogP) is 8.90. The van der Waals surface area contributed by atoms with Gasteiger partial charge < -0.3 is 0 Å². The second-order valence-corrected chi connectivity index (χ2v) is 10.0. The first kappa shape index (κ1) is 24.2. The smallest absolute Gasteiger partial charge is 0.194 e. The third-order valence-electron chi connectivity index (χ3n) is 7.86. The van der Waals surface area contributed by atoms with Crippen molar-refractivity contribution in [2.24, 2.45) is 5.92 Å². The molecule has 2 aromatic rings. The summed E-state index contributed by atoms with van der Waals surface area (Å²) >= 11 is 0. The molecule has 0 bridgehead atoms. The van der Waals surface area contributed by atoms with Crippen LogP contribution in [0.2, 0.25) is 0 Å². The van der Waals surface area contributed by atoms with E-state index in [1.54, 1.807) is 0 Å². The minimum atomic E-state index is -1.48. The van der Waals surface area contributed by atoms with Gasteiger partial charge in [-0.15, -0.1) is 0 Å². The summed E-state index contributed by atoms with van der Waals surface area (Å²) in [4.78, 5) is 0. The molecule has 4 rings (SSSR count). The lowest BCUT2D eigenvalue weighted by atomic mass is 9.75. The normalized spacial score (nSPS) is 22.9. The van der Waals surface area contributed by atoms with Gasteiger partial charge in [-0.3, -0.25) is 0 Å². The highest BCUT2D eigenvalue weighted by Crippen LogP contribution is 2.41. The molecule has 0 aromatic heterocycles. The molecule has 1 unspecified atom stereocenters. The van der Waals surface area contributed by atoms with Gasteiger partial charge in [0.05, 0.1) is 0 Å². The Balaban J connectivity index is 1.43. The average molecular weight is 465 g/mol. The number of rotatable bonds is 7. The van der Waals surface area contributed by atoms with Crippen LogP contribution in [0.25, 0.3) is 0 Å². The Morgan fingerprint density at radius 2 is 1.42 bits per heavy atom. The first-order valence-corrected chi connectivity index (χ1v) is 12.5. The van der Waals surface area contributed by atoms with Gasteiger partial charge >= 0.3 is 0 Å². The second-order valence-electron chi connectivity index (χ2n) is 10.0. The van der Waals surface area contributed by atoms with Crippen molar-refractivity contribution in [1.29, 1.82) is 0 Å². The molecule has 0 aliphatic heterocycles. The number of benzene rings is 2. The van der Waals surface area contributed by atoms with Crippen molar-refractivity contribution in [2.75, 3.05) is 0 Å². The molecule has 33 heavy (non-hydrogen) atoms. The fraction of sp³-hybridized carbons (Fsp3) is 0.571. The zero-order valence-electron chi connectivity index (χ0n) is 19.3. The van der Waals surface area contributed by atoms with Gasteiger partial charge in [0.1, 0.15) is 11.6 Å². The second kappa shape index (κ2) is 10.6. The monoisotopic (exact) mass is 464 g/mol. The quantitative estimate of drug-likeness (QED) is 0.218. The van der Waals surface area contributed by atoms with Gasteiger partial charge in [-0.1, -0.05) is 39.0 Å². The van der Waals surface area contributed by atoms with Crippen LogP contribution >= 0.6 is 0 Å².